The van der Waals surface area contributed by atoms with Gasteiger partial charge in [-0.3, -0.25) is 0 Å². The first kappa shape index (κ1) is 8.09. The van der Waals surface area contributed by atoms with Gasteiger partial charge in [0.15, 0.2) is 0 Å². The predicted molar refractivity (Wildman–Crippen MR) is 45.1 cm³/mol. The summed E-state index contributed by atoms with van der Waals surface area (Å²) in [5.41, 5.74) is 0.982. The van der Waals surface area contributed by atoms with Gasteiger partial charge in [-0.15, -0.1) is 0 Å². The molecule has 1 aliphatic rings. The van der Waals surface area contributed by atoms with Crippen LogP contribution in [0.3, 0.4) is 0 Å². The fourth-order valence-electron chi connectivity index (χ4n) is 1.38. The molecule has 0 fully saturated rings. The summed E-state index contributed by atoms with van der Waals surface area (Å²) in [6.07, 6.45) is 1.02. The van der Waals surface area contributed by atoms with Gasteiger partial charge in [-0.05, 0) is 0 Å². The summed E-state index contributed by atoms with van der Waals surface area (Å²) >= 11 is 2.92. The van der Waals surface area contributed by atoms with Crippen LogP contribution in [0.15, 0.2) is 18.2 Å². The molecular formula is C9H8FOSe. The third-order valence-electron chi connectivity index (χ3n) is 1.95. The van der Waals surface area contributed by atoms with E-state index in [0.717, 1.165) is 23.1 Å². The summed E-state index contributed by atoms with van der Waals surface area (Å²) < 4.78 is 18.2. The molecule has 1 aliphatic heterocycles. The Morgan fingerprint density at radius 2 is 2.42 bits per heavy atom. The average molecular weight is 230 g/mol. The number of fused-ring (bicyclic) bond motifs is 1. The van der Waals surface area contributed by atoms with E-state index in [-0.39, 0.29) is 11.9 Å². The van der Waals surface area contributed by atoms with Gasteiger partial charge in [-0.1, -0.05) is 0 Å². The second-order valence-corrected chi connectivity index (χ2v) is 3.56. The zero-order valence-electron chi connectivity index (χ0n) is 6.42. The molecule has 0 N–H and O–H groups in total. The monoisotopic (exact) mass is 231 g/mol. The fourth-order valence-corrected chi connectivity index (χ4v) is 1.77. The Hall–Kier alpha value is -0.531. The summed E-state index contributed by atoms with van der Waals surface area (Å²) in [4.78, 5) is 0. The van der Waals surface area contributed by atoms with Crippen LogP contribution < -0.4 is 4.74 Å². The van der Waals surface area contributed by atoms with Crippen molar-refractivity contribution in [2.24, 2.45) is 0 Å². The Kier molecular flexibility index (Phi) is 2.07. The van der Waals surface area contributed by atoms with Gasteiger partial charge in [0.1, 0.15) is 0 Å². The maximum absolute atomic E-state index is 12.7. The SMILES string of the molecule is Fc1ccc2c(c1)CC(C[Se])O2. The minimum atomic E-state index is -0.182. The molecule has 0 saturated heterocycles. The van der Waals surface area contributed by atoms with E-state index in [1.54, 1.807) is 12.1 Å². The van der Waals surface area contributed by atoms with Gasteiger partial charge in [0, 0.05) is 0 Å². The maximum atomic E-state index is 12.7. The first-order chi connectivity index (χ1) is 5.79. The zero-order chi connectivity index (χ0) is 8.55. The average Bonchev–Trinajstić information content (AvgIpc) is 2.46. The van der Waals surface area contributed by atoms with Crippen LogP contribution in [-0.2, 0) is 6.42 Å². The van der Waals surface area contributed by atoms with Crippen LogP contribution >= 0.6 is 0 Å². The Balaban J connectivity index is 2.30. The summed E-state index contributed by atoms with van der Waals surface area (Å²) in [7, 11) is 0. The molecule has 0 amide bonds. The van der Waals surface area contributed by atoms with Gasteiger partial charge in [-0.2, -0.15) is 0 Å². The molecule has 0 aromatic heterocycles. The van der Waals surface area contributed by atoms with Crippen molar-refractivity contribution in [1.29, 1.82) is 0 Å². The molecular weight excluding hydrogens is 222 g/mol. The predicted octanol–water partition coefficient (Wildman–Crippen LogP) is 1.72. The van der Waals surface area contributed by atoms with Crippen molar-refractivity contribution in [3.8, 4) is 5.75 Å². The van der Waals surface area contributed by atoms with Crippen molar-refractivity contribution >= 4 is 16.0 Å². The van der Waals surface area contributed by atoms with E-state index in [2.05, 4.69) is 16.0 Å². The van der Waals surface area contributed by atoms with E-state index in [9.17, 15) is 4.39 Å². The molecule has 0 aliphatic carbocycles. The van der Waals surface area contributed by atoms with Gasteiger partial charge in [0.05, 0.1) is 0 Å². The summed E-state index contributed by atoms with van der Waals surface area (Å²) in [6.45, 7) is 0. The van der Waals surface area contributed by atoms with Crippen LogP contribution in [0.2, 0.25) is 5.32 Å². The molecule has 1 nitrogen and oxygen atoms in total. The molecule has 1 aromatic rings. The van der Waals surface area contributed by atoms with E-state index >= 15 is 0 Å². The number of benzene rings is 1. The molecule has 0 saturated carbocycles. The number of halogens is 1. The Morgan fingerprint density at radius 3 is 3.17 bits per heavy atom. The van der Waals surface area contributed by atoms with Crippen LogP contribution in [0.5, 0.6) is 5.75 Å². The molecule has 2 rings (SSSR count). The first-order valence-corrected chi connectivity index (χ1v) is 5.04. The van der Waals surface area contributed by atoms with Gasteiger partial charge >= 0.3 is 78.3 Å². The molecule has 1 radical (unpaired) electrons. The van der Waals surface area contributed by atoms with Crippen molar-refractivity contribution in [1.82, 2.24) is 0 Å². The van der Waals surface area contributed by atoms with Crippen molar-refractivity contribution in [2.45, 2.75) is 17.8 Å². The standard InChI is InChI=1S/C9H8FOSe/c10-7-1-2-9-6(3-7)4-8(5-12)11-9/h1-3,8H,4-5H2. The topological polar surface area (TPSA) is 9.23 Å². The number of rotatable bonds is 1. The van der Waals surface area contributed by atoms with Crippen molar-refractivity contribution < 1.29 is 9.13 Å². The van der Waals surface area contributed by atoms with Crippen LogP contribution in [0, 0.1) is 5.82 Å². The van der Waals surface area contributed by atoms with E-state index in [1.807, 2.05) is 0 Å². The number of hydrogen-bond acceptors (Lipinski definition) is 1. The molecule has 0 bridgehead atoms. The summed E-state index contributed by atoms with van der Waals surface area (Å²) in [5, 5.41) is 0.857. The van der Waals surface area contributed by atoms with Gasteiger partial charge in [0.25, 0.3) is 0 Å². The van der Waals surface area contributed by atoms with Gasteiger partial charge in [0.2, 0.25) is 0 Å². The van der Waals surface area contributed by atoms with Crippen molar-refractivity contribution in [3.63, 3.8) is 0 Å². The van der Waals surface area contributed by atoms with Crippen LogP contribution in [0.4, 0.5) is 4.39 Å². The number of ether oxygens (including phenoxy) is 1. The molecule has 12 heavy (non-hydrogen) atoms. The van der Waals surface area contributed by atoms with E-state index < -0.39 is 0 Å². The second kappa shape index (κ2) is 3.08. The van der Waals surface area contributed by atoms with E-state index in [4.69, 9.17) is 4.74 Å². The molecule has 1 aromatic carbocycles. The molecule has 3 heteroatoms. The molecule has 1 atom stereocenters. The molecule has 0 spiro atoms. The second-order valence-electron chi connectivity index (χ2n) is 2.86. The Labute approximate surface area is 78.7 Å². The fraction of sp³-hybridized carbons (Fsp3) is 0.333. The van der Waals surface area contributed by atoms with Crippen molar-refractivity contribution in [3.05, 3.63) is 29.6 Å². The van der Waals surface area contributed by atoms with Crippen LogP contribution in [0.25, 0.3) is 0 Å². The van der Waals surface area contributed by atoms with Gasteiger partial charge in [-0.25, -0.2) is 0 Å². The molecule has 1 heterocycles. The van der Waals surface area contributed by atoms with E-state index in [1.165, 1.54) is 6.07 Å². The van der Waals surface area contributed by atoms with Crippen LogP contribution in [-0.4, -0.2) is 22.1 Å². The molecule has 63 valence electrons. The van der Waals surface area contributed by atoms with E-state index in [0.29, 0.717) is 0 Å². The van der Waals surface area contributed by atoms with Crippen molar-refractivity contribution in [2.75, 3.05) is 0 Å². The minimum absolute atomic E-state index is 0.182. The Morgan fingerprint density at radius 1 is 1.58 bits per heavy atom. The summed E-state index contributed by atoms with van der Waals surface area (Å²) in [5.74, 6) is 0.648. The normalized spacial score (nSPS) is 20.3. The summed E-state index contributed by atoms with van der Waals surface area (Å²) in [6, 6.07) is 4.67. The quantitative estimate of drug-likeness (QED) is 0.667. The third-order valence-corrected chi connectivity index (χ3v) is 2.73. The Bertz CT molecular complexity index is 301. The van der Waals surface area contributed by atoms with Crippen LogP contribution in [0.1, 0.15) is 5.56 Å². The zero-order valence-corrected chi connectivity index (χ0v) is 8.13. The third kappa shape index (κ3) is 1.35. The van der Waals surface area contributed by atoms with Gasteiger partial charge < -0.3 is 0 Å². The number of hydrogen-bond donors (Lipinski definition) is 0. The molecule has 1 unspecified atom stereocenters. The first-order valence-electron chi connectivity index (χ1n) is 3.83.